The summed E-state index contributed by atoms with van der Waals surface area (Å²) >= 11 is 0. The third kappa shape index (κ3) is 4.20. The minimum atomic E-state index is -0.852. The molecule has 2 heterocycles. The predicted molar refractivity (Wildman–Crippen MR) is 91.7 cm³/mol. The number of rotatable bonds is 6. The van der Waals surface area contributed by atoms with Crippen molar-refractivity contribution < 1.29 is 24.3 Å². The Hall–Kier alpha value is -2.45. The van der Waals surface area contributed by atoms with Gasteiger partial charge in [0.1, 0.15) is 5.76 Å². The van der Waals surface area contributed by atoms with Gasteiger partial charge in [0.05, 0.1) is 18.8 Å². The van der Waals surface area contributed by atoms with E-state index in [1.807, 2.05) is 19.1 Å². The van der Waals surface area contributed by atoms with Crippen LogP contribution in [0.2, 0.25) is 0 Å². The topological polar surface area (TPSA) is 118 Å². The smallest absolute Gasteiger partial charge is 0.273 e. The van der Waals surface area contributed by atoms with E-state index < -0.39 is 17.6 Å². The average Bonchev–Trinajstić information content (AvgIpc) is 3.15. The molecule has 140 valence electrons. The normalized spacial score (nSPS) is 25.2. The minimum absolute atomic E-state index is 0.193. The Kier molecular flexibility index (Phi) is 5.24. The number of aryl methyl sites for hydroxylation is 2. The lowest BCUT2D eigenvalue weighted by Gasteiger charge is -2.28. The molecule has 0 aromatic carbocycles. The van der Waals surface area contributed by atoms with Crippen molar-refractivity contribution in [1.82, 2.24) is 15.5 Å². The fourth-order valence-electron chi connectivity index (χ4n) is 3.21. The van der Waals surface area contributed by atoms with Crippen LogP contribution in [0.25, 0.3) is 0 Å². The summed E-state index contributed by atoms with van der Waals surface area (Å²) in [5, 5.41) is 26.5. The molecule has 2 aromatic heterocycles. The van der Waals surface area contributed by atoms with E-state index in [2.05, 4.69) is 15.5 Å². The van der Waals surface area contributed by atoms with E-state index >= 15 is 0 Å². The molecule has 0 spiro atoms. The number of amides is 1. The second-order valence-corrected chi connectivity index (χ2v) is 6.95. The van der Waals surface area contributed by atoms with Crippen LogP contribution in [-0.4, -0.2) is 51.6 Å². The molecule has 1 saturated carbocycles. The number of aliphatic hydroxyl groups excluding tert-OH is 2. The van der Waals surface area contributed by atoms with Crippen LogP contribution >= 0.6 is 0 Å². The van der Waals surface area contributed by atoms with E-state index in [1.165, 1.54) is 0 Å². The maximum absolute atomic E-state index is 12.2. The van der Waals surface area contributed by atoms with Crippen LogP contribution in [0, 0.1) is 19.3 Å². The zero-order valence-corrected chi connectivity index (χ0v) is 14.8. The van der Waals surface area contributed by atoms with E-state index in [-0.39, 0.29) is 24.8 Å². The SMILES string of the molecule is Cc1cccc(OCC2(CNC(=O)c3cc(C)on3)CC(O)C(O)C2)n1. The lowest BCUT2D eigenvalue weighted by atomic mass is 9.86. The van der Waals surface area contributed by atoms with Crippen molar-refractivity contribution in [2.24, 2.45) is 5.41 Å². The number of hydrogen-bond acceptors (Lipinski definition) is 7. The Labute approximate surface area is 151 Å². The Morgan fingerprint density at radius 3 is 2.69 bits per heavy atom. The predicted octanol–water partition coefficient (Wildman–Crippen LogP) is 0.997. The molecular weight excluding hydrogens is 338 g/mol. The van der Waals surface area contributed by atoms with E-state index in [0.717, 1.165) is 5.69 Å². The fourth-order valence-corrected chi connectivity index (χ4v) is 3.21. The van der Waals surface area contributed by atoms with Crippen molar-refractivity contribution in [3.8, 4) is 5.88 Å². The van der Waals surface area contributed by atoms with E-state index in [1.54, 1.807) is 19.1 Å². The van der Waals surface area contributed by atoms with Crippen molar-refractivity contribution in [2.45, 2.75) is 38.9 Å². The zero-order valence-electron chi connectivity index (χ0n) is 14.8. The van der Waals surface area contributed by atoms with E-state index in [9.17, 15) is 15.0 Å². The Morgan fingerprint density at radius 2 is 2.08 bits per heavy atom. The largest absolute Gasteiger partial charge is 0.477 e. The van der Waals surface area contributed by atoms with Crippen LogP contribution in [-0.2, 0) is 0 Å². The molecule has 0 saturated heterocycles. The van der Waals surface area contributed by atoms with Crippen LogP contribution in [0.15, 0.2) is 28.8 Å². The number of ether oxygens (including phenoxy) is 1. The number of aliphatic hydroxyl groups is 2. The van der Waals surface area contributed by atoms with Gasteiger partial charge in [-0.3, -0.25) is 4.79 Å². The standard InChI is InChI=1S/C18H23N3O5/c1-11-4-3-5-16(20-11)25-10-18(7-14(22)15(23)8-18)9-19-17(24)13-6-12(2)26-21-13/h3-6,14-15,22-23H,7-10H2,1-2H3,(H,19,24). The fraction of sp³-hybridized carbons (Fsp3) is 0.500. The lowest BCUT2D eigenvalue weighted by molar-refractivity contribution is 0.0438. The summed E-state index contributed by atoms with van der Waals surface area (Å²) in [6.07, 6.45) is -1.07. The molecule has 1 aliphatic rings. The Morgan fingerprint density at radius 1 is 1.35 bits per heavy atom. The monoisotopic (exact) mass is 361 g/mol. The van der Waals surface area contributed by atoms with Crippen molar-refractivity contribution in [3.63, 3.8) is 0 Å². The summed E-state index contributed by atoms with van der Waals surface area (Å²) in [6.45, 7) is 4.02. The van der Waals surface area contributed by atoms with Gasteiger partial charge >= 0.3 is 0 Å². The molecule has 2 unspecified atom stereocenters. The molecule has 0 radical (unpaired) electrons. The molecule has 1 amide bonds. The van der Waals surface area contributed by atoms with E-state index in [4.69, 9.17) is 9.26 Å². The van der Waals surface area contributed by atoms with Gasteiger partial charge in [0.25, 0.3) is 5.91 Å². The average molecular weight is 361 g/mol. The molecule has 3 N–H and O–H groups in total. The van der Waals surface area contributed by atoms with E-state index in [0.29, 0.717) is 24.5 Å². The van der Waals surface area contributed by atoms with Crippen LogP contribution in [0.5, 0.6) is 5.88 Å². The van der Waals surface area contributed by atoms with Crippen molar-refractivity contribution in [3.05, 3.63) is 41.4 Å². The Balaban J connectivity index is 1.67. The van der Waals surface area contributed by atoms with Gasteiger partial charge < -0.3 is 24.8 Å². The minimum Gasteiger partial charge on any atom is -0.477 e. The van der Waals surface area contributed by atoms with Crippen LogP contribution < -0.4 is 10.1 Å². The van der Waals surface area contributed by atoms with Gasteiger partial charge in [0.15, 0.2) is 5.69 Å². The second-order valence-electron chi connectivity index (χ2n) is 6.95. The third-order valence-corrected chi connectivity index (χ3v) is 4.60. The highest BCUT2D eigenvalue weighted by molar-refractivity contribution is 5.92. The molecule has 26 heavy (non-hydrogen) atoms. The molecule has 8 heteroatoms. The highest BCUT2D eigenvalue weighted by Gasteiger charge is 2.45. The second kappa shape index (κ2) is 7.43. The Bertz CT molecular complexity index is 766. The number of hydrogen-bond donors (Lipinski definition) is 3. The summed E-state index contributed by atoms with van der Waals surface area (Å²) in [5.41, 5.74) is 0.425. The molecule has 0 aliphatic heterocycles. The van der Waals surface area contributed by atoms with Gasteiger partial charge in [-0.05, 0) is 32.8 Å². The molecule has 8 nitrogen and oxygen atoms in total. The molecule has 1 fully saturated rings. The van der Waals surface area contributed by atoms with Gasteiger partial charge in [0, 0.05) is 29.8 Å². The highest BCUT2D eigenvalue weighted by Crippen LogP contribution is 2.38. The summed E-state index contributed by atoms with van der Waals surface area (Å²) < 4.78 is 10.7. The van der Waals surface area contributed by atoms with Crippen LogP contribution in [0.4, 0.5) is 0 Å². The summed E-state index contributed by atoms with van der Waals surface area (Å²) in [4.78, 5) is 16.5. The maximum atomic E-state index is 12.2. The van der Waals surface area contributed by atoms with Gasteiger partial charge in [-0.15, -0.1) is 0 Å². The summed E-state index contributed by atoms with van der Waals surface area (Å²) in [7, 11) is 0. The lowest BCUT2D eigenvalue weighted by Crippen LogP contribution is -2.40. The molecule has 2 atom stereocenters. The molecule has 3 rings (SSSR count). The number of nitrogens with zero attached hydrogens (tertiary/aromatic N) is 2. The third-order valence-electron chi connectivity index (χ3n) is 4.60. The number of aromatic nitrogens is 2. The van der Waals surface area contributed by atoms with Crippen LogP contribution in [0.3, 0.4) is 0 Å². The van der Waals surface area contributed by atoms with Crippen molar-refractivity contribution in [1.29, 1.82) is 0 Å². The number of nitrogens with one attached hydrogen (secondary N) is 1. The molecule has 0 bridgehead atoms. The number of carbonyl (C=O) groups is 1. The summed E-state index contributed by atoms with van der Waals surface area (Å²) in [6, 6.07) is 7.01. The molecule has 1 aliphatic carbocycles. The first-order valence-electron chi connectivity index (χ1n) is 8.51. The first-order chi connectivity index (χ1) is 12.4. The molecular formula is C18H23N3O5. The number of carbonyl (C=O) groups excluding carboxylic acids is 1. The first-order valence-corrected chi connectivity index (χ1v) is 8.51. The zero-order chi connectivity index (χ0) is 18.7. The molecule has 2 aromatic rings. The van der Waals surface area contributed by atoms with Gasteiger partial charge in [0.2, 0.25) is 5.88 Å². The first kappa shape index (κ1) is 18.3. The van der Waals surface area contributed by atoms with Crippen molar-refractivity contribution in [2.75, 3.05) is 13.2 Å². The quantitative estimate of drug-likeness (QED) is 0.702. The van der Waals surface area contributed by atoms with Gasteiger partial charge in [-0.2, -0.15) is 0 Å². The van der Waals surface area contributed by atoms with Crippen molar-refractivity contribution >= 4 is 5.91 Å². The summed E-state index contributed by atoms with van der Waals surface area (Å²) in [5.74, 6) is 0.648. The van der Waals surface area contributed by atoms with Gasteiger partial charge in [-0.25, -0.2) is 4.98 Å². The number of pyridine rings is 1. The van der Waals surface area contributed by atoms with Gasteiger partial charge in [-0.1, -0.05) is 11.2 Å². The maximum Gasteiger partial charge on any atom is 0.273 e. The van der Waals surface area contributed by atoms with Crippen LogP contribution in [0.1, 0.15) is 34.8 Å². The highest BCUT2D eigenvalue weighted by atomic mass is 16.5.